The Labute approximate surface area is 328 Å². The highest BCUT2D eigenvalue weighted by atomic mass is 35.5. The Bertz CT molecular complexity index is 2950. The molecular weight excluding hydrogens is 828 g/mol. The third-order valence-corrected chi connectivity index (χ3v) is 10.3. The standard InChI is InChI=1S/C33H25ClN10O10S3/c1-35-30(45)18-3-2-4-23(13-18)37-33-39-31(34)38-32(40-33)36-19-5-7-20(8-6-19)41-42-21-9-11-22(12-10-21)43-44-24-14-26-27(28(15-24)56(49,50)51)16-25(55(46,47)48)17-29(26)57(52,53)54/h2-17H,1H3,(H,35,45)(H,46,47,48)(H,49,50,51)(H,52,53,54)(H2,36,37,38,39,40)/b42-41-,44-43-. The quantitative estimate of drug-likeness (QED) is 0.0528. The molecule has 6 N–H and O–H groups in total. The van der Waals surface area contributed by atoms with E-state index >= 15 is 0 Å². The van der Waals surface area contributed by atoms with Crippen molar-refractivity contribution in [1.82, 2.24) is 20.3 Å². The van der Waals surface area contributed by atoms with Gasteiger partial charge in [-0.2, -0.15) is 60.7 Å². The van der Waals surface area contributed by atoms with E-state index in [1.807, 2.05) is 0 Å². The molecule has 1 amide bonds. The van der Waals surface area contributed by atoms with Gasteiger partial charge in [0.1, 0.15) is 9.79 Å². The highest BCUT2D eigenvalue weighted by Gasteiger charge is 2.25. The van der Waals surface area contributed by atoms with Crippen LogP contribution in [-0.4, -0.2) is 66.8 Å². The van der Waals surface area contributed by atoms with Gasteiger partial charge in [-0.15, -0.1) is 0 Å². The van der Waals surface area contributed by atoms with E-state index in [-0.39, 0.29) is 34.5 Å². The number of nitrogens with zero attached hydrogens (tertiary/aromatic N) is 7. The Morgan fingerprint density at radius 2 is 1.07 bits per heavy atom. The van der Waals surface area contributed by atoms with Crippen LogP contribution >= 0.6 is 11.6 Å². The van der Waals surface area contributed by atoms with Gasteiger partial charge in [0.2, 0.25) is 17.2 Å². The molecule has 24 heteroatoms. The van der Waals surface area contributed by atoms with Crippen LogP contribution in [0.15, 0.2) is 132 Å². The molecule has 6 aromatic rings. The number of carbonyl (C=O) groups excluding carboxylic acids is 1. The van der Waals surface area contributed by atoms with E-state index in [9.17, 15) is 43.7 Å². The molecule has 0 saturated heterocycles. The molecule has 292 valence electrons. The predicted octanol–water partition coefficient (Wildman–Crippen LogP) is 7.10. The molecule has 0 aliphatic heterocycles. The van der Waals surface area contributed by atoms with E-state index in [4.69, 9.17) is 11.6 Å². The monoisotopic (exact) mass is 852 g/mol. The number of hydrogen-bond acceptors (Lipinski definition) is 16. The molecule has 1 aromatic heterocycles. The average molecular weight is 853 g/mol. The number of azo groups is 2. The van der Waals surface area contributed by atoms with Crippen molar-refractivity contribution < 1.29 is 43.7 Å². The van der Waals surface area contributed by atoms with Crippen LogP contribution in [0.25, 0.3) is 10.8 Å². The SMILES string of the molecule is CNC(=O)c1cccc(Nc2nc(Cl)nc(Nc3ccc(/N=N\c4ccc(/N=N\c5cc(S(=O)(=O)O)c6cc(S(=O)(=O)O)cc(S(=O)(=O)O)c6c5)cc4)cc3)n2)c1. The minimum Gasteiger partial charge on any atom is -0.355 e. The van der Waals surface area contributed by atoms with Gasteiger partial charge in [-0.1, -0.05) is 6.07 Å². The van der Waals surface area contributed by atoms with Crippen LogP contribution in [-0.2, 0) is 30.4 Å². The largest absolute Gasteiger partial charge is 0.355 e. The van der Waals surface area contributed by atoms with E-state index in [1.165, 1.54) is 31.3 Å². The van der Waals surface area contributed by atoms with Gasteiger partial charge in [0.15, 0.2) is 0 Å². The summed E-state index contributed by atoms with van der Waals surface area (Å²) in [6.45, 7) is 0. The van der Waals surface area contributed by atoms with Gasteiger partial charge in [-0.05, 0) is 103 Å². The van der Waals surface area contributed by atoms with Crippen LogP contribution in [0.1, 0.15) is 10.4 Å². The number of amides is 1. The van der Waals surface area contributed by atoms with Crippen molar-refractivity contribution in [3.63, 3.8) is 0 Å². The second-order valence-electron chi connectivity index (χ2n) is 11.5. The average Bonchev–Trinajstić information content (AvgIpc) is 3.15. The van der Waals surface area contributed by atoms with E-state index < -0.39 is 55.8 Å². The van der Waals surface area contributed by atoms with Crippen molar-refractivity contribution in [2.45, 2.75) is 14.7 Å². The van der Waals surface area contributed by atoms with Gasteiger partial charge in [-0.3, -0.25) is 18.5 Å². The summed E-state index contributed by atoms with van der Waals surface area (Å²) < 4.78 is 101. The highest BCUT2D eigenvalue weighted by molar-refractivity contribution is 7.87. The fourth-order valence-electron chi connectivity index (χ4n) is 5.02. The maximum absolute atomic E-state index is 12.2. The summed E-state index contributed by atoms with van der Waals surface area (Å²) in [5.41, 5.74) is 2.39. The molecule has 0 spiro atoms. The number of nitrogens with one attached hydrogen (secondary N) is 3. The molecule has 57 heavy (non-hydrogen) atoms. The lowest BCUT2D eigenvalue weighted by atomic mass is 10.1. The predicted molar refractivity (Wildman–Crippen MR) is 206 cm³/mol. The first-order valence-electron chi connectivity index (χ1n) is 15.7. The fraction of sp³-hybridized carbons (Fsp3) is 0.0303. The number of halogens is 1. The summed E-state index contributed by atoms with van der Waals surface area (Å²) >= 11 is 6.12. The molecule has 5 aromatic carbocycles. The third kappa shape index (κ3) is 10.1. The van der Waals surface area contributed by atoms with Gasteiger partial charge >= 0.3 is 0 Å². The fourth-order valence-corrected chi connectivity index (χ4v) is 7.23. The van der Waals surface area contributed by atoms with Crippen molar-refractivity contribution in [2.75, 3.05) is 17.7 Å². The molecule has 0 atom stereocenters. The normalized spacial score (nSPS) is 12.3. The van der Waals surface area contributed by atoms with Crippen LogP contribution in [0.3, 0.4) is 0 Å². The van der Waals surface area contributed by atoms with Gasteiger partial charge in [0.25, 0.3) is 36.3 Å². The van der Waals surface area contributed by atoms with Crippen LogP contribution in [0.5, 0.6) is 0 Å². The zero-order valence-electron chi connectivity index (χ0n) is 28.7. The molecule has 0 fully saturated rings. The Kier molecular flexibility index (Phi) is 11.3. The first kappa shape index (κ1) is 40.3. The summed E-state index contributed by atoms with van der Waals surface area (Å²) in [7, 11) is -13.9. The van der Waals surface area contributed by atoms with Gasteiger partial charge < -0.3 is 16.0 Å². The number of carbonyl (C=O) groups is 1. The van der Waals surface area contributed by atoms with E-state index in [2.05, 4.69) is 51.4 Å². The second-order valence-corrected chi connectivity index (χ2v) is 16.1. The minimum absolute atomic E-state index is 0.0799. The maximum Gasteiger partial charge on any atom is 0.295 e. The lowest BCUT2D eigenvalue weighted by Gasteiger charge is -2.11. The first-order valence-corrected chi connectivity index (χ1v) is 20.4. The second kappa shape index (κ2) is 16.0. The number of anilines is 4. The summed E-state index contributed by atoms with van der Waals surface area (Å²) in [4.78, 5) is 21.4. The van der Waals surface area contributed by atoms with Crippen LogP contribution in [0.2, 0.25) is 5.28 Å². The number of hydrogen-bond donors (Lipinski definition) is 6. The molecule has 0 aliphatic rings. The molecule has 0 aliphatic carbocycles. The topological polar surface area (TPSA) is 304 Å². The van der Waals surface area contributed by atoms with Gasteiger partial charge in [0.05, 0.1) is 27.6 Å². The van der Waals surface area contributed by atoms with Crippen molar-refractivity contribution in [1.29, 1.82) is 0 Å². The zero-order valence-corrected chi connectivity index (χ0v) is 31.9. The van der Waals surface area contributed by atoms with E-state index in [1.54, 1.807) is 48.5 Å². The molecule has 0 radical (unpaired) electrons. The Balaban J connectivity index is 1.15. The smallest absolute Gasteiger partial charge is 0.295 e. The maximum atomic E-state index is 12.2. The minimum atomic E-state index is -5.19. The number of fused-ring (bicyclic) bond motifs is 1. The molecule has 0 unspecified atom stereocenters. The molecule has 0 bridgehead atoms. The van der Waals surface area contributed by atoms with Crippen LogP contribution in [0.4, 0.5) is 46.0 Å². The van der Waals surface area contributed by atoms with Crippen LogP contribution < -0.4 is 16.0 Å². The Morgan fingerprint density at radius 3 is 1.60 bits per heavy atom. The van der Waals surface area contributed by atoms with E-state index in [0.717, 1.165) is 12.1 Å². The first-order chi connectivity index (χ1) is 26.8. The van der Waals surface area contributed by atoms with Crippen LogP contribution in [0, 0.1) is 0 Å². The van der Waals surface area contributed by atoms with Gasteiger partial charge in [0, 0.05) is 34.8 Å². The van der Waals surface area contributed by atoms with Crippen molar-refractivity contribution in [3.8, 4) is 0 Å². The highest BCUT2D eigenvalue weighted by Crippen LogP contribution is 2.36. The number of benzene rings is 5. The summed E-state index contributed by atoms with van der Waals surface area (Å²) in [6.07, 6.45) is 0. The molecule has 6 rings (SSSR count). The summed E-state index contributed by atoms with van der Waals surface area (Å²) in [5.74, 6) is 0.0206. The molecule has 0 saturated carbocycles. The lowest BCUT2D eigenvalue weighted by Crippen LogP contribution is -2.17. The van der Waals surface area contributed by atoms with E-state index in [0.29, 0.717) is 40.4 Å². The summed E-state index contributed by atoms with van der Waals surface area (Å²) in [6, 6.07) is 22.3. The lowest BCUT2D eigenvalue weighted by molar-refractivity contribution is 0.0963. The van der Waals surface area contributed by atoms with Crippen molar-refractivity contribution in [3.05, 3.63) is 108 Å². The molecular formula is C33H25ClN10O10S3. The third-order valence-electron chi connectivity index (χ3n) is 7.56. The van der Waals surface area contributed by atoms with Crippen molar-refractivity contribution in [2.24, 2.45) is 20.5 Å². The number of rotatable bonds is 12. The molecule has 1 heterocycles. The summed E-state index contributed by atoms with van der Waals surface area (Å²) in [5, 5.41) is 23.6. The van der Waals surface area contributed by atoms with Crippen molar-refractivity contribution >= 4 is 105 Å². The Morgan fingerprint density at radius 1 is 0.579 bits per heavy atom. The zero-order chi connectivity index (χ0) is 41.1. The molecule has 20 nitrogen and oxygen atoms in total. The van der Waals surface area contributed by atoms with Gasteiger partial charge in [-0.25, -0.2) is 0 Å². The number of aromatic nitrogens is 3. The Hall–Kier alpha value is -6.34.